The summed E-state index contributed by atoms with van der Waals surface area (Å²) >= 11 is 6.09. The van der Waals surface area contributed by atoms with Crippen LogP contribution in [0, 0.1) is 5.82 Å². The molecule has 172 valence electrons. The zero-order chi connectivity index (χ0) is 22.6. The Bertz CT molecular complexity index is 902. The number of nitrogens with one attached hydrogen (secondary N) is 1. The first kappa shape index (κ1) is 23.9. The molecule has 2 fully saturated rings. The minimum absolute atomic E-state index is 0.0219. The molecular formula is C20H28ClFN4O4S. The van der Waals surface area contributed by atoms with Crippen LogP contribution in [0.1, 0.15) is 12.0 Å². The molecule has 11 heteroatoms. The van der Waals surface area contributed by atoms with Crippen molar-refractivity contribution in [2.45, 2.75) is 19.0 Å². The Morgan fingerprint density at radius 3 is 2.55 bits per heavy atom. The van der Waals surface area contributed by atoms with E-state index in [1.54, 1.807) is 29.0 Å². The average molecular weight is 475 g/mol. The predicted octanol–water partition coefficient (Wildman–Crippen LogP) is 0.358. The number of nitrogens with zero attached hydrogens (tertiary/aromatic N) is 3. The molecule has 0 aliphatic carbocycles. The molecule has 0 radical (unpaired) electrons. The number of benzene rings is 1. The van der Waals surface area contributed by atoms with Gasteiger partial charge < -0.3 is 10.2 Å². The number of hydrogen-bond acceptors (Lipinski definition) is 6. The van der Waals surface area contributed by atoms with Crippen LogP contribution < -0.4 is 5.32 Å². The van der Waals surface area contributed by atoms with E-state index in [-0.39, 0.29) is 48.3 Å². The fraction of sp³-hybridized carbons (Fsp3) is 0.600. The summed E-state index contributed by atoms with van der Waals surface area (Å²) in [5.41, 5.74) is 0.463. The van der Waals surface area contributed by atoms with Gasteiger partial charge in [0.15, 0.2) is 9.84 Å². The number of likely N-dealkylation sites (N-methyl/N-ethyl adjacent to an activating group) is 1. The van der Waals surface area contributed by atoms with Gasteiger partial charge in [0.2, 0.25) is 11.8 Å². The number of amides is 2. The second-order valence-corrected chi connectivity index (χ2v) is 10.8. The Morgan fingerprint density at radius 1 is 1.23 bits per heavy atom. The molecule has 1 unspecified atom stereocenters. The third-order valence-electron chi connectivity index (χ3n) is 5.58. The molecule has 1 aromatic rings. The fourth-order valence-corrected chi connectivity index (χ4v) is 5.77. The Hall–Kier alpha value is -1.75. The number of carbonyl (C=O) groups is 2. The number of carbonyl (C=O) groups excluding carboxylic acids is 2. The maximum atomic E-state index is 14.0. The Morgan fingerprint density at radius 2 is 1.94 bits per heavy atom. The highest BCUT2D eigenvalue weighted by Crippen LogP contribution is 2.21. The highest BCUT2D eigenvalue weighted by atomic mass is 35.5. The SMILES string of the molecule is CN(CC(=O)NC1CCS(=O)(=O)C1)CC(=O)N1CCN(Cc2c(F)cccc2Cl)CC1. The van der Waals surface area contributed by atoms with Crippen molar-refractivity contribution >= 4 is 33.3 Å². The second-order valence-electron chi connectivity index (χ2n) is 8.20. The van der Waals surface area contributed by atoms with Crippen LogP contribution in [0.15, 0.2) is 18.2 Å². The summed E-state index contributed by atoms with van der Waals surface area (Å²) in [5.74, 6) is -0.627. The van der Waals surface area contributed by atoms with Gasteiger partial charge in [-0.3, -0.25) is 19.4 Å². The first-order valence-corrected chi connectivity index (χ1v) is 12.4. The highest BCUT2D eigenvalue weighted by molar-refractivity contribution is 7.91. The van der Waals surface area contributed by atoms with Crippen LogP contribution in [0.4, 0.5) is 4.39 Å². The normalized spacial score (nSPS) is 21.4. The fourth-order valence-electron chi connectivity index (χ4n) is 3.88. The number of sulfone groups is 1. The Labute approximate surface area is 187 Å². The smallest absolute Gasteiger partial charge is 0.236 e. The molecule has 8 nitrogen and oxygen atoms in total. The molecule has 0 spiro atoms. The van der Waals surface area contributed by atoms with Crippen LogP contribution in [0.3, 0.4) is 0 Å². The van der Waals surface area contributed by atoms with E-state index in [2.05, 4.69) is 10.2 Å². The van der Waals surface area contributed by atoms with Gasteiger partial charge in [0.1, 0.15) is 5.82 Å². The third-order valence-corrected chi connectivity index (χ3v) is 7.71. The zero-order valence-corrected chi connectivity index (χ0v) is 19.1. The highest BCUT2D eigenvalue weighted by Gasteiger charge is 2.29. The molecule has 2 heterocycles. The minimum atomic E-state index is -3.05. The molecule has 0 bridgehead atoms. The van der Waals surface area contributed by atoms with E-state index < -0.39 is 9.84 Å². The van der Waals surface area contributed by atoms with E-state index >= 15 is 0 Å². The largest absolute Gasteiger partial charge is 0.351 e. The number of piperazine rings is 1. The first-order valence-electron chi connectivity index (χ1n) is 10.2. The lowest BCUT2D eigenvalue weighted by atomic mass is 10.2. The van der Waals surface area contributed by atoms with Crippen molar-refractivity contribution in [2.24, 2.45) is 0 Å². The maximum Gasteiger partial charge on any atom is 0.236 e. The summed E-state index contributed by atoms with van der Waals surface area (Å²) in [6.07, 6.45) is 0.430. The van der Waals surface area contributed by atoms with Crippen molar-refractivity contribution in [3.05, 3.63) is 34.6 Å². The van der Waals surface area contributed by atoms with Crippen LogP contribution in [0.5, 0.6) is 0 Å². The topological polar surface area (TPSA) is 90.0 Å². The molecule has 2 aliphatic heterocycles. The van der Waals surface area contributed by atoms with E-state index in [0.717, 1.165) is 0 Å². The van der Waals surface area contributed by atoms with Gasteiger partial charge in [0.25, 0.3) is 0 Å². The van der Waals surface area contributed by atoms with Crippen molar-refractivity contribution in [3.63, 3.8) is 0 Å². The Balaban J connectivity index is 1.39. The molecule has 0 aromatic heterocycles. The molecule has 2 amide bonds. The van der Waals surface area contributed by atoms with Crippen LogP contribution in [-0.2, 0) is 26.0 Å². The van der Waals surface area contributed by atoms with Crippen molar-refractivity contribution in [2.75, 3.05) is 57.8 Å². The summed E-state index contributed by atoms with van der Waals surface area (Å²) in [6.45, 7) is 2.76. The van der Waals surface area contributed by atoms with Gasteiger partial charge in [-0.2, -0.15) is 0 Å². The molecule has 2 saturated heterocycles. The lowest BCUT2D eigenvalue weighted by Crippen LogP contribution is -2.51. The molecular weight excluding hydrogens is 447 g/mol. The molecule has 3 rings (SSSR count). The van der Waals surface area contributed by atoms with Gasteiger partial charge in [-0.25, -0.2) is 12.8 Å². The Kier molecular flexibility index (Phi) is 7.90. The van der Waals surface area contributed by atoms with E-state index in [4.69, 9.17) is 11.6 Å². The van der Waals surface area contributed by atoms with E-state index in [1.165, 1.54) is 6.07 Å². The molecule has 2 aliphatic rings. The van der Waals surface area contributed by atoms with Crippen LogP contribution >= 0.6 is 11.6 Å². The lowest BCUT2D eigenvalue weighted by molar-refractivity contribution is -0.134. The molecule has 1 N–H and O–H groups in total. The van der Waals surface area contributed by atoms with E-state index in [9.17, 15) is 22.4 Å². The maximum absolute atomic E-state index is 14.0. The van der Waals surface area contributed by atoms with E-state index in [1.807, 2.05) is 0 Å². The number of halogens is 2. The number of hydrogen-bond donors (Lipinski definition) is 1. The standard InChI is InChI=1S/C20H28ClFN4O4S/c1-24(12-19(27)23-15-5-10-31(29,30)14-15)13-20(28)26-8-6-25(7-9-26)11-16-17(21)3-2-4-18(16)22/h2-4,15H,5-14H2,1H3,(H,23,27). The zero-order valence-electron chi connectivity index (χ0n) is 17.5. The van der Waals surface area contributed by atoms with Gasteiger partial charge in [0.05, 0.1) is 24.6 Å². The van der Waals surface area contributed by atoms with Gasteiger partial charge in [0, 0.05) is 49.4 Å². The van der Waals surface area contributed by atoms with Gasteiger partial charge in [-0.1, -0.05) is 17.7 Å². The predicted molar refractivity (Wildman–Crippen MR) is 116 cm³/mol. The van der Waals surface area contributed by atoms with Gasteiger partial charge in [-0.05, 0) is 25.6 Å². The van der Waals surface area contributed by atoms with Crippen LogP contribution in [0.25, 0.3) is 0 Å². The molecule has 31 heavy (non-hydrogen) atoms. The average Bonchev–Trinajstić information content (AvgIpc) is 3.03. The minimum Gasteiger partial charge on any atom is -0.351 e. The summed E-state index contributed by atoms with van der Waals surface area (Å²) in [5, 5.41) is 3.12. The number of rotatable bonds is 7. The van der Waals surface area contributed by atoms with Crippen molar-refractivity contribution < 1.29 is 22.4 Å². The third kappa shape index (κ3) is 6.86. The molecule has 1 aromatic carbocycles. The molecule has 0 saturated carbocycles. The monoisotopic (exact) mass is 474 g/mol. The quantitative estimate of drug-likeness (QED) is 0.613. The van der Waals surface area contributed by atoms with Crippen molar-refractivity contribution in [3.8, 4) is 0 Å². The van der Waals surface area contributed by atoms with E-state index in [0.29, 0.717) is 49.7 Å². The van der Waals surface area contributed by atoms with Crippen molar-refractivity contribution in [1.82, 2.24) is 20.0 Å². The summed E-state index contributed by atoms with van der Waals surface area (Å²) in [4.78, 5) is 30.1. The van der Waals surface area contributed by atoms with Crippen molar-refractivity contribution in [1.29, 1.82) is 0 Å². The second kappa shape index (κ2) is 10.2. The van der Waals surface area contributed by atoms with Crippen LogP contribution in [0.2, 0.25) is 5.02 Å². The van der Waals surface area contributed by atoms with Crippen LogP contribution in [-0.4, -0.2) is 98.8 Å². The first-order chi connectivity index (χ1) is 14.6. The summed E-state index contributed by atoms with van der Waals surface area (Å²) in [7, 11) is -1.37. The van der Waals surface area contributed by atoms with Gasteiger partial charge >= 0.3 is 0 Å². The van der Waals surface area contributed by atoms with Gasteiger partial charge in [-0.15, -0.1) is 0 Å². The lowest BCUT2D eigenvalue weighted by Gasteiger charge is -2.35. The summed E-state index contributed by atoms with van der Waals surface area (Å²) < 4.78 is 36.9. The summed E-state index contributed by atoms with van der Waals surface area (Å²) in [6, 6.07) is 4.28. The molecule has 1 atom stereocenters.